The standard InChI is InChI=1S/C13H16N4O3/c18-11-4-3-10(15-11)13(19)17-7-5-9(8-17)20-12-2-1-6-14-16-12/h1-2,6,9-10H,3-5,7-8H2,(H,15,18). The van der Waals surface area contributed by atoms with Crippen LogP contribution in [0, 0.1) is 0 Å². The molecule has 7 nitrogen and oxygen atoms in total. The second-order valence-electron chi connectivity index (χ2n) is 5.03. The van der Waals surface area contributed by atoms with Gasteiger partial charge < -0.3 is 15.0 Å². The van der Waals surface area contributed by atoms with E-state index >= 15 is 0 Å². The van der Waals surface area contributed by atoms with Crippen molar-refractivity contribution in [3.63, 3.8) is 0 Å². The molecular weight excluding hydrogens is 260 g/mol. The first-order chi connectivity index (χ1) is 9.72. The highest BCUT2D eigenvalue weighted by Gasteiger charge is 2.35. The van der Waals surface area contributed by atoms with Gasteiger partial charge in [0, 0.05) is 31.6 Å². The first-order valence-electron chi connectivity index (χ1n) is 6.75. The maximum absolute atomic E-state index is 12.2. The van der Waals surface area contributed by atoms with E-state index in [1.165, 1.54) is 0 Å². The summed E-state index contributed by atoms with van der Waals surface area (Å²) in [5, 5.41) is 10.3. The number of amides is 2. The molecule has 7 heteroatoms. The van der Waals surface area contributed by atoms with Crippen molar-refractivity contribution < 1.29 is 14.3 Å². The summed E-state index contributed by atoms with van der Waals surface area (Å²) in [7, 11) is 0. The zero-order valence-electron chi connectivity index (χ0n) is 11.0. The molecule has 0 radical (unpaired) electrons. The monoisotopic (exact) mass is 276 g/mol. The molecule has 20 heavy (non-hydrogen) atoms. The molecule has 1 aromatic heterocycles. The van der Waals surface area contributed by atoms with Crippen LogP contribution in [0.1, 0.15) is 19.3 Å². The predicted octanol–water partition coefficient (Wildman–Crippen LogP) is -0.265. The van der Waals surface area contributed by atoms with Crippen LogP contribution in [0.3, 0.4) is 0 Å². The minimum atomic E-state index is -0.363. The van der Waals surface area contributed by atoms with Gasteiger partial charge in [0.05, 0.1) is 6.54 Å². The highest BCUT2D eigenvalue weighted by Crippen LogP contribution is 2.18. The molecule has 2 aliphatic rings. The van der Waals surface area contributed by atoms with Crippen molar-refractivity contribution in [2.24, 2.45) is 0 Å². The van der Waals surface area contributed by atoms with E-state index in [0.29, 0.717) is 31.8 Å². The van der Waals surface area contributed by atoms with Crippen LogP contribution < -0.4 is 10.1 Å². The first-order valence-corrected chi connectivity index (χ1v) is 6.75. The Morgan fingerprint density at radius 3 is 3.05 bits per heavy atom. The molecule has 1 N–H and O–H groups in total. The summed E-state index contributed by atoms with van der Waals surface area (Å²) in [6, 6.07) is 3.14. The minimum Gasteiger partial charge on any atom is -0.471 e. The van der Waals surface area contributed by atoms with E-state index in [2.05, 4.69) is 15.5 Å². The summed E-state index contributed by atoms with van der Waals surface area (Å²) >= 11 is 0. The van der Waals surface area contributed by atoms with Crippen LogP contribution in [-0.2, 0) is 9.59 Å². The first kappa shape index (κ1) is 12.8. The number of carbonyl (C=O) groups is 2. The lowest BCUT2D eigenvalue weighted by atomic mass is 10.2. The van der Waals surface area contributed by atoms with Crippen LogP contribution in [0.15, 0.2) is 18.3 Å². The van der Waals surface area contributed by atoms with E-state index in [4.69, 9.17) is 4.74 Å². The van der Waals surface area contributed by atoms with Gasteiger partial charge in [-0.05, 0) is 12.5 Å². The maximum Gasteiger partial charge on any atom is 0.245 e. The number of carbonyl (C=O) groups excluding carboxylic acids is 2. The van der Waals surface area contributed by atoms with Crippen LogP contribution >= 0.6 is 0 Å². The molecule has 0 aliphatic carbocycles. The quantitative estimate of drug-likeness (QED) is 0.822. The average molecular weight is 276 g/mol. The minimum absolute atomic E-state index is 0.0129. The lowest BCUT2D eigenvalue weighted by Crippen LogP contribution is -2.44. The lowest BCUT2D eigenvalue weighted by Gasteiger charge is -2.20. The topological polar surface area (TPSA) is 84.4 Å². The highest BCUT2D eigenvalue weighted by molar-refractivity contribution is 5.90. The molecule has 0 aromatic carbocycles. The molecule has 2 amide bonds. The largest absolute Gasteiger partial charge is 0.471 e. The van der Waals surface area contributed by atoms with Gasteiger partial charge in [-0.3, -0.25) is 9.59 Å². The zero-order valence-corrected chi connectivity index (χ0v) is 11.0. The summed E-state index contributed by atoms with van der Waals surface area (Å²) in [6.07, 6.45) is 3.31. The Hall–Kier alpha value is -2.18. The zero-order chi connectivity index (χ0) is 13.9. The second-order valence-corrected chi connectivity index (χ2v) is 5.03. The molecule has 3 rings (SSSR count). The Labute approximate surface area is 116 Å². The molecule has 2 fully saturated rings. The van der Waals surface area contributed by atoms with Crippen molar-refractivity contribution in [3.05, 3.63) is 18.3 Å². The predicted molar refractivity (Wildman–Crippen MR) is 68.8 cm³/mol. The van der Waals surface area contributed by atoms with E-state index in [1.807, 2.05) is 0 Å². The van der Waals surface area contributed by atoms with Gasteiger partial charge in [-0.25, -0.2) is 0 Å². The molecule has 2 aliphatic heterocycles. The third-order valence-corrected chi connectivity index (χ3v) is 3.59. The normalized spacial score (nSPS) is 25.6. The molecular formula is C13H16N4O3. The van der Waals surface area contributed by atoms with Gasteiger partial charge in [-0.1, -0.05) is 0 Å². The molecule has 3 heterocycles. The summed E-state index contributed by atoms with van der Waals surface area (Å²) in [6.45, 7) is 1.18. The van der Waals surface area contributed by atoms with Crippen molar-refractivity contribution in [3.8, 4) is 5.88 Å². The van der Waals surface area contributed by atoms with Crippen LogP contribution in [-0.4, -0.2) is 52.1 Å². The number of hydrogen-bond donors (Lipinski definition) is 1. The molecule has 0 bridgehead atoms. The molecule has 106 valence electrons. The number of hydrogen-bond acceptors (Lipinski definition) is 5. The van der Waals surface area contributed by atoms with E-state index < -0.39 is 0 Å². The van der Waals surface area contributed by atoms with Crippen molar-refractivity contribution in [2.45, 2.75) is 31.4 Å². The Morgan fingerprint density at radius 1 is 1.45 bits per heavy atom. The summed E-state index contributed by atoms with van der Waals surface area (Å²) in [4.78, 5) is 25.1. The average Bonchev–Trinajstić information content (AvgIpc) is 3.08. The van der Waals surface area contributed by atoms with Gasteiger partial charge >= 0.3 is 0 Å². The van der Waals surface area contributed by atoms with Gasteiger partial charge in [0.1, 0.15) is 12.1 Å². The van der Waals surface area contributed by atoms with Crippen molar-refractivity contribution in [2.75, 3.05) is 13.1 Å². The van der Waals surface area contributed by atoms with Gasteiger partial charge in [-0.15, -0.1) is 5.10 Å². The maximum atomic E-state index is 12.2. The van der Waals surface area contributed by atoms with E-state index in [1.54, 1.807) is 23.2 Å². The highest BCUT2D eigenvalue weighted by atomic mass is 16.5. The second kappa shape index (κ2) is 5.44. The number of nitrogens with zero attached hydrogens (tertiary/aromatic N) is 3. The fraction of sp³-hybridized carbons (Fsp3) is 0.538. The van der Waals surface area contributed by atoms with E-state index in [9.17, 15) is 9.59 Å². The van der Waals surface area contributed by atoms with Crippen LogP contribution in [0.4, 0.5) is 0 Å². The fourth-order valence-corrected chi connectivity index (χ4v) is 2.57. The van der Waals surface area contributed by atoms with Gasteiger partial charge in [-0.2, -0.15) is 5.10 Å². The summed E-state index contributed by atoms with van der Waals surface area (Å²) < 4.78 is 5.68. The molecule has 0 saturated carbocycles. The summed E-state index contributed by atoms with van der Waals surface area (Å²) in [5.41, 5.74) is 0. The Bertz CT molecular complexity index is 508. The number of ether oxygens (including phenoxy) is 1. The third-order valence-electron chi connectivity index (χ3n) is 3.59. The number of aromatic nitrogens is 2. The SMILES string of the molecule is O=C1CCC(C(=O)N2CCC(Oc3cccnn3)C2)N1. The Kier molecular flexibility index (Phi) is 3.49. The number of rotatable bonds is 3. The van der Waals surface area contributed by atoms with Crippen molar-refractivity contribution in [1.82, 2.24) is 20.4 Å². The van der Waals surface area contributed by atoms with Gasteiger partial charge in [0.2, 0.25) is 17.7 Å². The van der Waals surface area contributed by atoms with Crippen molar-refractivity contribution >= 4 is 11.8 Å². The Morgan fingerprint density at radius 2 is 2.35 bits per heavy atom. The van der Waals surface area contributed by atoms with Gasteiger partial charge in [0.25, 0.3) is 0 Å². The molecule has 2 atom stereocenters. The van der Waals surface area contributed by atoms with E-state index in [-0.39, 0.29) is 24.0 Å². The smallest absolute Gasteiger partial charge is 0.245 e. The number of likely N-dealkylation sites (tertiary alicyclic amines) is 1. The van der Waals surface area contributed by atoms with Gasteiger partial charge in [0.15, 0.2) is 0 Å². The molecule has 2 saturated heterocycles. The van der Waals surface area contributed by atoms with Crippen LogP contribution in [0.2, 0.25) is 0 Å². The molecule has 1 aromatic rings. The molecule has 2 unspecified atom stereocenters. The molecule has 0 spiro atoms. The summed E-state index contributed by atoms with van der Waals surface area (Å²) in [5.74, 6) is 0.414. The lowest BCUT2D eigenvalue weighted by molar-refractivity contribution is -0.133. The third kappa shape index (κ3) is 2.71. The van der Waals surface area contributed by atoms with Crippen LogP contribution in [0.5, 0.6) is 5.88 Å². The van der Waals surface area contributed by atoms with Crippen LogP contribution in [0.25, 0.3) is 0 Å². The Balaban J connectivity index is 1.54. The fourth-order valence-electron chi connectivity index (χ4n) is 2.57. The number of nitrogens with one attached hydrogen (secondary N) is 1. The van der Waals surface area contributed by atoms with Crippen molar-refractivity contribution in [1.29, 1.82) is 0 Å². The van der Waals surface area contributed by atoms with E-state index in [0.717, 1.165) is 6.42 Å².